The first kappa shape index (κ1) is 42.5. The highest BCUT2D eigenvalue weighted by Crippen LogP contribution is 2.35. The van der Waals surface area contributed by atoms with Crippen molar-refractivity contribution in [3.63, 3.8) is 0 Å². The molecule has 1 saturated heterocycles. The first-order valence-corrected chi connectivity index (χ1v) is 19.0. The number of nitrogens with zero attached hydrogens (tertiary/aromatic N) is 4. The van der Waals surface area contributed by atoms with Crippen LogP contribution >= 0.6 is 11.3 Å². The van der Waals surface area contributed by atoms with E-state index in [-0.39, 0.29) is 49.8 Å². The number of ether oxygens (including phenoxy) is 5. The lowest BCUT2D eigenvalue weighted by atomic mass is 9.91. The Labute approximate surface area is 321 Å². The molecule has 0 saturated carbocycles. The summed E-state index contributed by atoms with van der Waals surface area (Å²) in [6, 6.07) is 6.07. The van der Waals surface area contributed by atoms with Gasteiger partial charge in [-0.05, 0) is 57.3 Å². The molecule has 2 N–H and O–H groups in total. The minimum atomic E-state index is -0.882. The molecule has 0 unspecified atom stereocenters. The van der Waals surface area contributed by atoms with Crippen LogP contribution in [0.3, 0.4) is 0 Å². The third-order valence-corrected chi connectivity index (χ3v) is 9.78. The Hall–Kier alpha value is -4.25. The summed E-state index contributed by atoms with van der Waals surface area (Å²) in [5, 5.41) is 17.6. The van der Waals surface area contributed by atoms with E-state index in [2.05, 4.69) is 15.5 Å². The standard InChI is InChI=1S/C38H55N5O10S/c1-23(2)33(31-20-32(41-53-31)51-17-16-50-15-14-49-13-12-42(8)37(47)52-38(5,6)7)36(46)43-21-27(44)19-29(43)35(45)40-24(3)28-11-10-26(18-30(28)48-9)34-25(4)39-22-54-34/h10-11,18,20,22-24,27,29,33,44H,12-17,19,21H2,1-9H3,(H,40,45)/t24-,27+,29-,33+/m0/s1. The molecule has 2 aromatic heterocycles. The second-order valence-corrected chi connectivity index (χ2v) is 15.5. The van der Waals surface area contributed by atoms with Crippen LogP contribution in [-0.4, -0.2) is 121 Å². The number of aromatic nitrogens is 2. The Bertz CT molecular complexity index is 1690. The molecule has 0 spiro atoms. The molecule has 1 aliphatic rings. The summed E-state index contributed by atoms with van der Waals surface area (Å²) in [5.41, 5.74) is 3.92. The lowest BCUT2D eigenvalue weighted by Crippen LogP contribution is -2.48. The van der Waals surface area contributed by atoms with Crippen molar-refractivity contribution in [2.45, 2.75) is 84.6 Å². The van der Waals surface area contributed by atoms with Crippen LogP contribution in [0.1, 0.15) is 76.9 Å². The van der Waals surface area contributed by atoms with E-state index in [0.717, 1.165) is 21.7 Å². The highest BCUT2D eigenvalue weighted by atomic mass is 32.1. The van der Waals surface area contributed by atoms with Crippen molar-refractivity contribution in [1.29, 1.82) is 0 Å². The molecule has 1 aromatic carbocycles. The highest BCUT2D eigenvalue weighted by Gasteiger charge is 2.43. The fraction of sp³-hybridized carbons (Fsp3) is 0.605. The molecule has 3 heterocycles. The summed E-state index contributed by atoms with van der Waals surface area (Å²) >= 11 is 1.55. The third-order valence-electron chi connectivity index (χ3n) is 8.80. The van der Waals surface area contributed by atoms with Crippen molar-refractivity contribution in [3.05, 3.63) is 46.8 Å². The average Bonchev–Trinajstić information content (AvgIpc) is 3.86. The van der Waals surface area contributed by atoms with E-state index in [1.807, 2.05) is 66.7 Å². The molecule has 0 radical (unpaired) electrons. The summed E-state index contributed by atoms with van der Waals surface area (Å²) in [5.74, 6) is -0.587. The largest absolute Gasteiger partial charge is 0.496 e. The van der Waals surface area contributed by atoms with Gasteiger partial charge in [-0.2, -0.15) is 0 Å². The summed E-state index contributed by atoms with van der Waals surface area (Å²) in [6.07, 6.45) is -1.16. The Morgan fingerprint density at radius 1 is 1.09 bits per heavy atom. The van der Waals surface area contributed by atoms with Gasteiger partial charge in [0.2, 0.25) is 11.8 Å². The molecule has 4 rings (SSSR count). The van der Waals surface area contributed by atoms with Crippen LogP contribution in [0.5, 0.6) is 11.6 Å². The van der Waals surface area contributed by atoms with Crippen LogP contribution in [0.15, 0.2) is 34.3 Å². The lowest BCUT2D eigenvalue weighted by Gasteiger charge is -2.29. The third kappa shape index (κ3) is 11.6. The maximum Gasteiger partial charge on any atom is 0.410 e. The highest BCUT2D eigenvalue weighted by molar-refractivity contribution is 7.13. The van der Waals surface area contributed by atoms with Crippen LogP contribution in [0, 0.1) is 12.8 Å². The Kier molecular flexibility index (Phi) is 15.2. The van der Waals surface area contributed by atoms with Crippen molar-refractivity contribution in [1.82, 2.24) is 25.3 Å². The van der Waals surface area contributed by atoms with E-state index >= 15 is 0 Å². The fourth-order valence-corrected chi connectivity index (χ4v) is 6.85. The zero-order valence-corrected chi connectivity index (χ0v) is 33.6. The first-order valence-electron chi connectivity index (χ1n) is 18.2. The van der Waals surface area contributed by atoms with Gasteiger partial charge in [-0.3, -0.25) is 9.59 Å². The monoisotopic (exact) mass is 773 g/mol. The van der Waals surface area contributed by atoms with Crippen LogP contribution in [0.4, 0.5) is 4.79 Å². The van der Waals surface area contributed by atoms with Gasteiger partial charge in [0.05, 0.1) is 61.8 Å². The number of thiazole rings is 1. The number of carbonyl (C=O) groups is 3. The number of aliphatic hydroxyl groups is 1. The van der Waals surface area contributed by atoms with Crippen molar-refractivity contribution in [3.8, 4) is 22.1 Å². The molecule has 0 bridgehead atoms. The minimum Gasteiger partial charge on any atom is -0.496 e. The number of carbonyl (C=O) groups excluding carboxylic acids is 3. The van der Waals surface area contributed by atoms with Crippen LogP contribution in [0.2, 0.25) is 0 Å². The number of β-amino-alcohol motifs (C(OH)–C–C–N with tert-alkyl or cyclic N) is 1. The number of nitrogens with one attached hydrogen (secondary N) is 1. The summed E-state index contributed by atoms with van der Waals surface area (Å²) in [4.78, 5) is 48.0. The molecule has 3 aromatic rings. The quantitative estimate of drug-likeness (QED) is 0.166. The van der Waals surface area contributed by atoms with E-state index in [1.165, 1.54) is 9.80 Å². The number of hydrogen-bond acceptors (Lipinski definition) is 13. The Balaban J connectivity index is 1.26. The second kappa shape index (κ2) is 19.4. The number of aryl methyl sites for hydroxylation is 1. The predicted octanol–water partition coefficient (Wildman–Crippen LogP) is 4.97. The topological polar surface area (TPSA) is 175 Å². The molecular weight excluding hydrogens is 719 g/mol. The van der Waals surface area contributed by atoms with Gasteiger partial charge in [0.25, 0.3) is 5.88 Å². The number of amides is 3. The van der Waals surface area contributed by atoms with Crippen molar-refractivity contribution in [2.24, 2.45) is 5.92 Å². The molecule has 298 valence electrons. The van der Waals surface area contributed by atoms with Gasteiger partial charge in [-0.15, -0.1) is 11.3 Å². The zero-order chi connectivity index (χ0) is 39.6. The fourth-order valence-electron chi connectivity index (χ4n) is 6.04. The molecular formula is C38H55N5O10S. The maximum atomic E-state index is 14.0. The molecule has 54 heavy (non-hydrogen) atoms. The number of likely N-dealkylation sites (tertiary alicyclic amines) is 1. The Morgan fingerprint density at radius 3 is 2.44 bits per heavy atom. The molecule has 1 aliphatic heterocycles. The zero-order valence-electron chi connectivity index (χ0n) is 32.7. The summed E-state index contributed by atoms with van der Waals surface area (Å²) < 4.78 is 33.4. The molecule has 4 atom stereocenters. The van der Waals surface area contributed by atoms with Gasteiger partial charge in [0.1, 0.15) is 29.9 Å². The van der Waals surface area contributed by atoms with E-state index in [4.69, 9.17) is 28.2 Å². The van der Waals surface area contributed by atoms with E-state index in [9.17, 15) is 19.5 Å². The van der Waals surface area contributed by atoms with Gasteiger partial charge in [0.15, 0.2) is 5.76 Å². The van der Waals surface area contributed by atoms with Crippen molar-refractivity contribution >= 4 is 29.2 Å². The van der Waals surface area contributed by atoms with Gasteiger partial charge in [-0.25, -0.2) is 9.78 Å². The van der Waals surface area contributed by atoms with E-state index in [1.54, 1.807) is 37.1 Å². The smallest absolute Gasteiger partial charge is 0.410 e. The summed E-state index contributed by atoms with van der Waals surface area (Å²) in [6.45, 7) is 14.9. The van der Waals surface area contributed by atoms with Gasteiger partial charge in [0, 0.05) is 38.2 Å². The van der Waals surface area contributed by atoms with Crippen LogP contribution in [-0.2, 0) is 23.8 Å². The average molecular weight is 774 g/mol. The number of rotatable bonds is 18. The maximum absolute atomic E-state index is 14.0. The molecule has 16 heteroatoms. The summed E-state index contributed by atoms with van der Waals surface area (Å²) in [7, 11) is 3.24. The van der Waals surface area contributed by atoms with Crippen LogP contribution in [0.25, 0.3) is 10.4 Å². The number of aliphatic hydroxyl groups excluding tert-OH is 1. The minimum absolute atomic E-state index is 0.0136. The normalized spacial score (nSPS) is 17.0. The lowest BCUT2D eigenvalue weighted by molar-refractivity contribution is -0.141. The SMILES string of the molecule is COc1cc(-c2scnc2C)ccc1[C@H](C)NC(=O)[C@@H]1C[C@@H](O)CN1C(=O)[C@@H](c1cc(OCCOCCOCCN(C)C(=O)OC(C)(C)C)no1)C(C)C. The van der Waals surface area contributed by atoms with Gasteiger partial charge < -0.3 is 48.4 Å². The molecule has 0 aliphatic carbocycles. The number of likely N-dealkylation sites (N-methyl/N-ethyl adjacent to an activating group) is 1. The Morgan fingerprint density at radius 2 is 1.80 bits per heavy atom. The molecule has 15 nitrogen and oxygen atoms in total. The second-order valence-electron chi connectivity index (χ2n) is 14.6. The predicted molar refractivity (Wildman–Crippen MR) is 202 cm³/mol. The first-order chi connectivity index (χ1) is 25.6. The number of methoxy groups -OCH3 is 1. The van der Waals surface area contributed by atoms with Crippen LogP contribution < -0.4 is 14.8 Å². The number of benzene rings is 1. The van der Waals surface area contributed by atoms with Crippen molar-refractivity contribution < 1.29 is 47.7 Å². The van der Waals surface area contributed by atoms with E-state index < -0.39 is 35.8 Å². The van der Waals surface area contributed by atoms with E-state index in [0.29, 0.717) is 37.9 Å². The molecule has 1 fully saturated rings. The molecule has 3 amide bonds. The number of hydrogen-bond donors (Lipinski definition) is 2. The van der Waals surface area contributed by atoms with Crippen molar-refractivity contribution in [2.75, 3.05) is 60.3 Å². The van der Waals surface area contributed by atoms with Gasteiger partial charge in [-0.1, -0.05) is 26.0 Å². The van der Waals surface area contributed by atoms with Gasteiger partial charge >= 0.3 is 6.09 Å².